The predicted octanol–water partition coefficient (Wildman–Crippen LogP) is 1.70. The van der Waals surface area contributed by atoms with Crippen LogP contribution in [0, 0.1) is 5.92 Å². The molecule has 0 bridgehead atoms. The van der Waals surface area contributed by atoms with Crippen molar-refractivity contribution in [1.82, 2.24) is 4.72 Å². The van der Waals surface area contributed by atoms with Crippen LogP contribution in [0.3, 0.4) is 0 Å². The number of hydrogen-bond acceptors (Lipinski definition) is 6. The zero-order valence-electron chi connectivity index (χ0n) is 16.3. The average molecular weight is 454 g/mol. The van der Waals surface area contributed by atoms with Gasteiger partial charge in [0.15, 0.2) is 0 Å². The van der Waals surface area contributed by atoms with E-state index in [1.54, 1.807) is 24.3 Å². The number of rotatable bonds is 7. The summed E-state index contributed by atoms with van der Waals surface area (Å²) in [7, 11) is -6.34. The van der Waals surface area contributed by atoms with Gasteiger partial charge in [-0.15, -0.1) is 0 Å². The zero-order chi connectivity index (χ0) is 21.9. The molecule has 1 heterocycles. The van der Waals surface area contributed by atoms with Crippen molar-refractivity contribution < 1.29 is 26.7 Å². The molecular weight excluding hydrogens is 430 g/mol. The van der Waals surface area contributed by atoms with E-state index in [1.807, 2.05) is 4.90 Å². The highest BCUT2D eigenvalue weighted by molar-refractivity contribution is 7.92. The molecule has 0 aromatic heterocycles. The number of anilines is 2. The lowest BCUT2D eigenvalue weighted by molar-refractivity contribution is -0.142. The lowest BCUT2D eigenvalue weighted by atomic mass is 9.96. The van der Waals surface area contributed by atoms with Gasteiger partial charge >= 0.3 is 5.97 Å². The molecule has 3 N–H and O–H groups in total. The molecule has 9 nitrogen and oxygen atoms in total. The van der Waals surface area contributed by atoms with Crippen LogP contribution in [0.1, 0.15) is 12.8 Å². The van der Waals surface area contributed by atoms with Crippen molar-refractivity contribution in [3.8, 4) is 0 Å². The molecule has 30 heavy (non-hydrogen) atoms. The molecule has 162 valence electrons. The molecule has 1 aliphatic rings. The van der Waals surface area contributed by atoms with Gasteiger partial charge < -0.3 is 10.0 Å². The number of hydrogen-bond donors (Lipinski definition) is 3. The number of carboxylic acid groups (broad SMARTS) is 1. The second-order valence-corrected chi connectivity index (χ2v) is 10.5. The highest BCUT2D eigenvalue weighted by Gasteiger charge is 2.26. The average Bonchev–Trinajstić information content (AvgIpc) is 2.74. The summed E-state index contributed by atoms with van der Waals surface area (Å²) >= 11 is 0. The molecule has 0 spiro atoms. The van der Waals surface area contributed by atoms with E-state index in [0.29, 0.717) is 37.3 Å². The van der Waals surface area contributed by atoms with Crippen molar-refractivity contribution in [3.05, 3.63) is 48.5 Å². The Kier molecular flexibility index (Phi) is 6.34. The third-order valence-corrected chi connectivity index (χ3v) is 7.86. The predicted molar refractivity (Wildman–Crippen MR) is 113 cm³/mol. The molecule has 1 fully saturated rings. The molecule has 0 aliphatic carbocycles. The molecule has 11 heteroatoms. The first-order valence-corrected chi connectivity index (χ1v) is 12.2. The van der Waals surface area contributed by atoms with Crippen molar-refractivity contribution in [1.29, 1.82) is 0 Å². The standard InChI is InChI=1S/C19H23N3O6S2/c1-20-29(25,26)15-6-8-16(9-7-15)30(27,28)21-17-4-2-3-5-18(17)22-12-10-14(11-13-22)19(23)24/h2-9,14,20-21H,10-13H2,1H3,(H,23,24). The van der Waals surface area contributed by atoms with Crippen LogP contribution in [0.4, 0.5) is 11.4 Å². The van der Waals surface area contributed by atoms with Crippen LogP contribution in [-0.2, 0) is 24.8 Å². The number of para-hydroxylation sites is 2. The Hall–Kier alpha value is -2.63. The number of carboxylic acids is 1. The maximum atomic E-state index is 12.8. The molecule has 1 aliphatic heterocycles. The second-order valence-electron chi connectivity index (χ2n) is 6.90. The van der Waals surface area contributed by atoms with Crippen LogP contribution in [0.5, 0.6) is 0 Å². The van der Waals surface area contributed by atoms with Crippen LogP contribution in [0.2, 0.25) is 0 Å². The lowest BCUT2D eigenvalue weighted by Gasteiger charge is -2.33. The van der Waals surface area contributed by atoms with Gasteiger partial charge in [0.1, 0.15) is 0 Å². The number of sulfonamides is 2. The second kappa shape index (κ2) is 8.62. The lowest BCUT2D eigenvalue weighted by Crippen LogP contribution is -2.36. The number of aliphatic carboxylic acids is 1. The largest absolute Gasteiger partial charge is 0.481 e. The van der Waals surface area contributed by atoms with Crippen LogP contribution in [0.15, 0.2) is 58.3 Å². The monoisotopic (exact) mass is 453 g/mol. The minimum Gasteiger partial charge on any atom is -0.481 e. The van der Waals surface area contributed by atoms with Gasteiger partial charge in [0, 0.05) is 13.1 Å². The smallest absolute Gasteiger partial charge is 0.306 e. The summed E-state index contributed by atoms with van der Waals surface area (Å²) in [6, 6.07) is 11.8. The van der Waals surface area contributed by atoms with E-state index in [-0.39, 0.29) is 9.79 Å². The summed E-state index contributed by atoms with van der Waals surface area (Å²) in [5.41, 5.74) is 1.04. The first-order chi connectivity index (χ1) is 14.1. The van der Waals surface area contributed by atoms with Crippen molar-refractivity contribution in [2.24, 2.45) is 5.92 Å². The number of nitrogens with zero attached hydrogens (tertiary/aromatic N) is 1. The number of benzene rings is 2. The molecule has 0 radical (unpaired) electrons. The molecule has 2 aromatic carbocycles. The third kappa shape index (κ3) is 4.74. The Labute approximate surface area is 175 Å². The summed E-state index contributed by atoms with van der Waals surface area (Å²) < 4.78 is 54.0. The quantitative estimate of drug-likeness (QED) is 0.581. The fourth-order valence-corrected chi connectivity index (χ4v) is 5.13. The van der Waals surface area contributed by atoms with E-state index in [0.717, 1.165) is 0 Å². The van der Waals surface area contributed by atoms with Crippen LogP contribution >= 0.6 is 0 Å². The summed E-state index contributed by atoms with van der Waals surface area (Å²) in [6.45, 7) is 1.01. The molecule has 0 unspecified atom stereocenters. The van der Waals surface area contributed by atoms with E-state index >= 15 is 0 Å². The van der Waals surface area contributed by atoms with Gasteiger partial charge in [-0.2, -0.15) is 0 Å². The number of piperidine rings is 1. The Morgan fingerprint density at radius 3 is 2.00 bits per heavy atom. The summed E-state index contributed by atoms with van der Waals surface area (Å²) in [5.74, 6) is -1.20. The van der Waals surface area contributed by atoms with Gasteiger partial charge in [-0.25, -0.2) is 21.6 Å². The first-order valence-electron chi connectivity index (χ1n) is 9.27. The topological polar surface area (TPSA) is 133 Å². The van der Waals surface area contributed by atoms with E-state index in [2.05, 4.69) is 9.44 Å². The third-order valence-electron chi connectivity index (χ3n) is 5.05. The maximum Gasteiger partial charge on any atom is 0.306 e. The maximum absolute atomic E-state index is 12.8. The van der Waals surface area contributed by atoms with Gasteiger partial charge in [0.2, 0.25) is 10.0 Å². The van der Waals surface area contributed by atoms with Gasteiger partial charge in [-0.1, -0.05) is 12.1 Å². The number of carbonyl (C=O) groups is 1. The molecular formula is C19H23N3O6S2. The zero-order valence-corrected chi connectivity index (χ0v) is 17.9. The molecule has 0 saturated carbocycles. The summed E-state index contributed by atoms with van der Waals surface area (Å²) in [5, 5.41) is 9.16. The Balaban J connectivity index is 1.82. The fraction of sp³-hybridized carbons (Fsp3) is 0.316. The normalized spacial score (nSPS) is 15.7. The molecule has 3 rings (SSSR count). The van der Waals surface area contributed by atoms with Crippen LogP contribution in [-0.4, -0.2) is 48.0 Å². The highest BCUT2D eigenvalue weighted by atomic mass is 32.2. The van der Waals surface area contributed by atoms with Crippen molar-refractivity contribution in [3.63, 3.8) is 0 Å². The van der Waals surface area contributed by atoms with Crippen molar-refractivity contribution in [2.75, 3.05) is 29.8 Å². The first kappa shape index (κ1) is 22.1. The Morgan fingerprint density at radius 2 is 1.47 bits per heavy atom. The SMILES string of the molecule is CNS(=O)(=O)c1ccc(S(=O)(=O)Nc2ccccc2N2CCC(C(=O)O)CC2)cc1. The Morgan fingerprint density at radius 1 is 0.933 bits per heavy atom. The van der Waals surface area contributed by atoms with E-state index in [9.17, 15) is 21.6 Å². The van der Waals surface area contributed by atoms with Crippen molar-refractivity contribution >= 4 is 37.4 Å². The van der Waals surface area contributed by atoms with Gasteiger partial charge in [-0.05, 0) is 56.3 Å². The molecule has 0 amide bonds. The summed E-state index contributed by atoms with van der Waals surface area (Å²) in [6.07, 6.45) is 0.968. The van der Waals surface area contributed by atoms with E-state index in [1.165, 1.54) is 31.3 Å². The van der Waals surface area contributed by atoms with Crippen LogP contribution in [0.25, 0.3) is 0 Å². The minimum absolute atomic E-state index is 0.0364. The minimum atomic E-state index is -3.95. The Bertz CT molecular complexity index is 1120. The van der Waals surface area contributed by atoms with Gasteiger partial charge in [-0.3, -0.25) is 9.52 Å². The van der Waals surface area contributed by atoms with Crippen LogP contribution < -0.4 is 14.3 Å². The van der Waals surface area contributed by atoms with Gasteiger partial charge in [0.25, 0.3) is 10.0 Å². The molecule has 2 aromatic rings. The summed E-state index contributed by atoms with van der Waals surface area (Å²) in [4.78, 5) is 13.0. The highest BCUT2D eigenvalue weighted by Crippen LogP contribution is 2.31. The van der Waals surface area contributed by atoms with E-state index < -0.39 is 31.9 Å². The number of nitrogens with one attached hydrogen (secondary N) is 2. The van der Waals surface area contributed by atoms with Crippen molar-refractivity contribution in [2.45, 2.75) is 22.6 Å². The fourth-order valence-electron chi connectivity index (χ4n) is 3.32. The van der Waals surface area contributed by atoms with Gasteiger partial charge in [0.05, 0.1) is 27.1 Å². The molecule has 0 atom stereocenters. The van der Waals surface area contributed by atoms with E-state index in [4.69, 9.17) is 5.11 Å². The molecule has 1 saturated heterocycles.